The fourth-order valence-electron chi connectivity index (χ4n) is 2.27. The third-order valence-corrected chi connectivity index (χ3v) is 3.91. The Balaban J connectivity index is 1.80. The summed E-state index contributed by atoms with van der Waals surface area (Å²) in [6.45, 7) is 1.85. The Hall–Kier alpha value is -2.27. The Morgan fingerprint density at radius 2 is 2.05 bits per heavy atom. The number of hydrogen-bond acceptors (Lipinski definition) is 3. The van der Waals surface area contributed by atoms with E-state index in [1.54, 1.807) is 24.3 Å². The van der Waals surface area contributed by atoms with Gasteiger partial charge in [0.15, 0.2) is 5.76 Å². The van der Waals surface area contributed by atoms with Crippen LogP contribution in [0.1, 0.15) is 29.1 Å². The Morgan fingerprint density at radius 3 is 2.82 bits per heavy atom. The molecule has 3 rings (SSSR count). The highest BCUT2D eigenvalue weighted by Crippen LogP contribution is 2.24. The maximum atomic E-state index is 12.3. The van der Waals surface area contributed by atoms with E-state index in [4.69, 9.17) is 4.42 Å². The number of aromatic hydroxyl groups is 1. The maximum absolute atomic E-state index is 12.3. The van der Waals surface area contributed by atoms with Gasteiger partial charge in [-0.1, -0.05) is 28.1 Å². The molecule has 0 spiro atoms. The largest absolute Gasteiger partial charge is 0.508 e. The van der Waals surface area contributed by atoms with Gasteiger partial charge in [-0.2, -0.15) is 0 Å². The van der Waals surface area contributed by atoms with Crippen molar-refractivity contribution in [2.75, 3.05) is 0 Å². The second kappa shape index (κ2) is 5.85. The van der Waals surface area contributed by atoms with Crippen molar-refractivity contribution in [3.63, 3.8) is 0 Å². The molecule has 0 saturated heterocycles. The molecule has 1 amide bonds. The molecule has 2 aromatic carbocycles. The summed E-state index contributed by atoms with van der Waals surface area (Å²) in [5.41, 5.74) is 1.49. The monoisotopic (exact) mass is 359 g/mol. The van der Waals surface area contributed by atoms with Crippen LogP contribution >= 0.6 is 15.9 Å². The highest BCUT2D eigenvalue weighted by atomic mass is 79.9. The van der Waals surface area contributed by atoms with E-state index in [9.17, 15) is 9.90 Å². The van der Waals surface area contributed by atoms with E-state index in [1.807, 2.05) is 31.2 Å². The standard InChI is InChI=1S/C17H14BrNO3/c1-10(11-3-2-4-14(20)8-11)19-17(21)16-9-12-7-13(18)5-6-15(12)22-16/h2-10,20H,1H3,(H,19,21). The van der Waals surface area contributed by atoms with Crippen LogP contribution < -0.4 is 5.32 Å². The highest BCUT2D eigenvalue weighted by Gasteiger charge is 2.16. The van der Waals surface area contributed by atoms with Crippen LogP contribution in [-0.4, -0.2) is 11.0 Å². The van der Waals surface area contributed by atoms with Gasteiger partial charge >= 0.3 is 0 Å². The van der Waals surface area contributed by atoms with Crippen LogP contribution in [0.3, 0.4) is 0 Å². The molecule has 112 valence electrons. The molecule has 5 heteroatoms. The zero-order chi connectivity index (χ0) is 15.7. The van der Waals surface area contributed by atoms with Crippen LogP contribution in [-0.2, 0) is 0 Å². The number of halogens is 1. The van der Waals surface area contributed by atoms with Crippen molar-refractivity contribution >= 4 is 32.8 Å². The third-order valence-electron chi connectivity index (χ3n) is 3.42. The lowest BCUT2D eigenvalue weighted by Crippen LogP contribution is -2.26. The van der Waals surface area contributed by atoms with Gasteiger partial charge in [0.25, 0.3) is 5.91 Å². The summed E-state index contributed by atoms with van der Waals surface area (Å²) in [5.74, 6) is 0.149. The van der Waals surface area contributed by atoms with Crippen molar-refractivity contribution in [2.45, 2.75) is 13.0 Å². The SMILES string of the molecule is CC(NC(=O)c1cc2cc(Br)ccc2o1)c1cccc(O)c1. The first-order valence-corrected chi connectivity index (χ1v) is 7.61. The van der Waals surface area contributed by atoms with Crippen molar-refractivity contribution in [2.24, 2.45) is 0 Å². The zero-order valence-electron chi connectivity index (χ0n) is 11.8. The first kappa shape index (κ1) is 14.7. The number of fused-ring (bicyclic) bond motifs is 1. The van der Waals surface area contributed by atoms with Gasteiger partial charge in [0.1, 0.15) is 11.3 Å². The predicted octanol–water partition coefficient (Wildman–Crippen LogP) is 4.39. The lowest BCUT2D eigenvalue weighted by Gasteiger charge is -2.13. The van der Waals surface area contributed by atoms with Crippen molar-refractivity contribution in [3.05, 3.63) is 64.3 Å². The topological polar surface area (TPSA) is 62.5 Å². The fraction of sp³-hybridized carbons (Fsp3) is 0.118. The quantitative estimate of drug-likeness (QED) is 0.728. The molecule has 0 fully saturated rings. The number of carbonyl (C=O) groups excluding carboxylic acids is 1. The molecular formula is C17H14BrNO3. The molecule has 2 N–H and O–H groups in total. The lowest BCUT2D eigenvalue weighted by atomic mass is 10.1. The Labute approximate surface area is 135 Å². The molecule has 0 aliphatic carbocycles. The fourth-order valence-corrected chi connectivity index (χ4v) is 2.65. The number of hydrogen-bond donors (Lipinski definition) is 2. The molecule has 3 aromatic rings. The van der Waals surface area contributed by atoms with E-state index in [-0.39, 0.29) is 23.5 Å². The molecule has 1 aromatic heterocycles. The number of benzene rings is 2. The van der Waals surface area contributed by atoms with E-state index in [0.29, 0.717) is 5.58 Å². The van der Waals surface area contributed by atoms with Gasteiger partial charge in [0, 0.05) is 9.86 Å². The minimum atomic E-state index is -0.289. The Morgan fingerprint density at radius 1 is 1.23 bits per heavy atom. The summed E-state index contributed by atoms with van der Waals surface area (Å²) >= 11 is 3.39. The smallest absolute Gasteiger partial charge is 0.287 e. The van der Waals surface area contributed by atoms with Gasteiger partial charge in [0.05, 0.1) is 6.04 Å². The van der Waals surface area contributed by atoms with Crippen molar-refractivity contribution in [3.8, 4) is 5.75 Å². The number of carbonyl (C=O) groups is 1. The zero-order valence-corrected chi connectivity index (χ0v) is 13.4. The van der Waals surface area contributed by atoms with E-state index in [2.05, 4.69) is 21.2 Å². The molecular weight excluding hydrogens is 346 g/mol. The molecule has 0 bridgehead atoms. The number of nitrogens with one attached hydrogen (secondary N) is 1. The predicted molar refractivity (Wildman–Crippen MR) is 87.9 cm³/mol. The van der Waals surface area contributed by atoms with Gasteiger partial charge < -0.3 is 14.8 Å². The van der Waals surface area contributed by atoms with Crippen LogP contribution in [0.15, 0.2) is 57.4 Å². The summed E-state index contributed by atoms with van der Waals surface area (Å²) in [5, 5.41) is 13.2. The molecule has 22 heavy (non-hydrogen) atoms. The van der Waals surface area contributed by atoms with Gasteiger partial charge in [-0.25, -0.2) is 0 Å². The van der Waals surface area contributed by atoms with Gasteiger partial charge in [0.2, 0.25) is 0 Å². The molecule has 0 aliphatic heterocycles. The normalized spacial score (nSPS) is 12.3. The Bertz CT molecular complexity index is 841. The molecule has 0 radical (unpaired) electrons. The number of phenolic OH excluding ortho intramolecular Hbond substituents is 1. The lowest BCUT2D eigenvalue weighted by molar-refractivity contribution is 0.0914. The second-order valence-corrected chi connectivity index (χ2v) is 6.00. The van der Waals surface area contributed by atoms with Crippen molar-refractivity contribution < 1.29 is 14.3 Å². The highest BCUT2D eigenvalue weighted by molar-refractivity contribution is 9.10. The first-order chi connectivity index (χ1) is 10.5. The molecule has 4 nitrogen and oxygen atoms in total. The van der Waals surface area contributed by atoms with E-state index < -0.39 is 0 Å². The van der Waals surface area contributed by atoms with Crippen molar-refractivity contribution in [1.29, 1.82) is 0 Å². The summed E-state index contributed by atoms with van der Waals surface area (Å²) < 4.78 is 6.49. The van der Waals surface area contributed by atoms with Crippen LogP contribution in [0.5, 0.6) is 5.75 Å². The van der Waals surface area contributed by atoms with Crippen LogP contribution in [0, 0.1) is 0 Å². The van der Waals surface area contributed by atoms with E-state index in [0.717, 1.165) is 15.4 Å². The molecule has 0 aliphatic rings. The Kier molecular flexibility index (Phi) is 3.90. The molecule has 1 heterocycles. The van der Waals surface area contributed by atoms with Gasteiger partial charge in [-0.3, -0.25) is 4.79 Å². The molecule has 1 atom stereocenters. The summed E-state index contributed by atoms with van der Waals surface area (Å²) in [7, 11) is 0. The van der Waals surface area contributed by atoms with Crippen LogP contribution in [0.2, 0.25) is 0 Å². The third kappa shape index (κ3) is 2.99. The average molecular weight is 360 g/mol. The van der Waals surface area contributed by atoms with E-state index >= 15 is 0 Å². The first-order valence-electron chi connectivity index (χ1n) is 6.82. The second-order valence-electron chi connectivity index (χ2n) is 5.08. The van der Waals surface area contributed by atoms with E-state index in [1.165, 1.54) is 0 Å². The van der Waals surface area contributed by atoms with Crippen LogP contribution in [0.4, 0.5) is 0 Å². The van der Waals surface area contributed by atoms with Gasteiger partial charge in [-0.15, -0.1) is 0 Å². The van der Waals surface area contributed by atoms with Crippen molar-refractivity contribution in [1.82, 2.24) is 5.32 Å². The summed E-state index contributed by atoms with van der Waals surface area (Å²) in [6, 6.07) is 13.9. The minimum absolute atomic E-state index is 0.173. The summed E-state index contributed by atoms with van der Waals surface area (Å²) in [6.07, 6.45) is 0. The average Bonchev–Trinajstić information content (AvgIpc) is 2.90. The molecule has 1 unspecified atom stereocenters. The number of amides is 1. The number of phenols is 1. The minimum Gasteiger partial charge on any atom is -0.508 e. The van der Waals surface area contributed by atoms with Gasteiger partial charge in [-0.05, 0) is 48.9 Å². The number of rotatable bonds is 3. The summed E-state index contributed by atoms with van der Waals surface area (Å²) in [4.78, 5) is 12.3. The molecule has 0 saturated carbocycles. The van der Waals surface area contributed by atoms with Crippen LogP contribution in [0.25, 0.3) is 11.0 Å². The number of furan rings is 1. The maximum Gasteiger partial charge on any atom is 0.287 e.